The first-order valence-electron chi connectivity index (χ1n) is 9.67. The van der Waals surface area contributed by atoms with Crippen molar-refractivity contribution in [3.8, 4) is 0 Å². The predicted octanol–water partition coefficient (Wildman–Crippen LogP) is 3.50. The van der Waals surface area contributed by atoms with Gasteiger partial charge in [-0.25, -0.2) is 13.8 Å². The van der Waals surface area contributed by atoms with Crippen LogP contribution in [-0.4, -0.2) is 36.9 Å². The van der Waals surface area contributed by atoms with Crippen LogP contribution in [0, 0.1) is 20.2 Å². The van der Waals surface area contributed by atoms with E-state index in [-0.39, 0.29) is 32.5 Å². The molecule has 0 bridgehead atoms. The van der Waals surface area contributed by atoms with Crippen molar-refractivity contribution >= 4 is 50.8 Å². The molecular weight excluding hydrogens is 502 g/mol. The molecule has 3 aromatic carbocycles. The fourth-order valence-electron chi connectivity index (χ4n) is 2.86. The Morgan fingerprint density at radius 2 is 1.57 bits per heavy atom. The van der Waals surface area contributed by atoms with Gasteiger partial charge in [-0.3, -0.25) is 29.3 Å². The number of halogens is 1. The van der Waals surface area contributed by atoms with Crippen LogP contribution < -0.4 is 9.73 Å². The number of amides is 1. The minimum absolute atomic E-state index is 0.0142. The molecule has 0 aromatic heterocycles. The Kier molecular flexibility index (Phi) is 7.73. The van der Waals surface area contributed by atoms with Crippen molar-refractivity contribution in [3.63, 3.8) is 0 Å². The van der Waals surface area contributed by atoms with Crippen molar-refractivity contribution < 1.29 is 23.1 Å². The molecule has 0 aliphatic carbocycles. The number of nitro benzene ring substituents is 2. The Morgan fingerprint density at radius 3 is 2.17 bits per heavy atom. The van der Waals surface area contributed by atoms with E-state index in [1.165, 1.54) is 48.5 Å². The zero-order valence-electron chi connectivity index (χ0n) is 17.6. The first kappa shape index (κ1) is 25.3. The zero-order chi connectivity index (χ0) is 25.6. The van der Waals surface area contributed by atoms with Gasteiger partial charge in [0.1, 0.15) is 6.54 Å². The second-order valence-corrected chi connectivity index (χ2v) is 9.12. The van der Waals surface area contributed by atoms with Crippen LogP contribution in [0.2, 0.25) is 5.02 Å². The topological polar surface area (TPSA) is 165 Å². The molecule has 0 fully saturated rings. The monoisotopic (exact) mass is 517 g/mol. The van der Waals surface area contributed by atoms with Crippen LogP contribution in [0.3, 0.4) is 0 Å². The number of hydrazone groups is 1. The summed E-state index contributed by atoms with van der Waals surface area (Å²) in [6.45, 7) is -0.713. The minimum atomic E-state index is -4.23. The molecule has 0 saturated heterocycles. The molecule has 1 amide bonds. The van der Waals surface area contributed by atoms with Crippen molar-refractivity contribution in [2.24, 2.45) is 5.10 Å². The summed E-state index contributed by atoms with van der Waals surface area (Å²) in [5, 5.41) is 25.7. The fourth-order valence-corrected chi connectivity index (χ4v) is 4.47. The van der Waals surface area contributed by atoms with Gasteiger partial charge < -0.3 is 0 Å². The Morgan fingerprint density at radius 1 is 0.971 bits per heavy atom. The van der Waals surface area contributed by atoms with Gasteiger partial charge in [0.2, 0.25) is 0 Å². The molecule has 35 heavy (non-hydrogen) atoms. The summed E-state index contributed by atoms with van der Waals surface area (Å²) in [6, 6.07) is 15.6. The van der Waals surface area contributed by atoms with Crippen LogP contribution in [0.5, 0.6) is 0 Å². The molecule has 14 heteroatoms. The number of carbonyl (C=O) groups is 1. The third kappa shape index (κ3) is 6.16. The molecule has 0 radical (unpaired) electrons. The molecule has 0 spiro atoms. The van der Waals surface area contributed by atoms with Crippen LogP contribution in [0.4, 0.5) is 17.1 Å². The molecule has 0 aliphatic rings. The Balaban J connectivity index is 1.85. The molecule has 180 valence electrons. The minimum Gasteiger partial charge on any atom is -0.271 e. The lowest BCUT2D eigenvalue weighted by Gasteiger charge is -2.23. The second-order valence-electron chi connectivity index (χ2n) is 6.85. The highest BCUT2D eigenvalue weighted by molar-refractivity contribution is 7.92. The van der Waals surface area contributed by atoms with E-state index in [0.717, 1.165) is 28.7 Å². The summed E-state index contributed by atoms with van der Waals surface area (Å²) in [7, 11) is -4.23. The SMILES string of the molecule is O=C(CN(c1ccc([N+](=O)[O-])cc1)S(=O)(=O)c1ccccc1)N/N=C\c1cc([N+](=O)[O-])ccc1Cl. The smallest absolute Gasteiger partial charge is 0.270 e. The van der Waals surface area contributed by atoms with Gasteiger partial charge in [-0.15, -0.1) is 0 Å². The number of benzene rings is 3. The number of nitrogens with zero attached hydrogens (tertiary/aromatic N) is 4. The summed E-state index contributed by atoms with van der Waals surface area (Å²) in [5.74, 6) is -0.847. The largest absolute Gasteiger partial charge is 0.271 e. The van der Waals surface area contributed by atoms with E-state index in [2.05, 4.69) is 10.5 Å². The van der Waals surface area contributed by atoms with Crippen LogP contribution in [0.25, 0.3) is 0 Å². The number of sulfonamides is 1. The molecule has 12 nitrogen and oxygen atoms in total. The molecule has 1 N–H and O–H groups in total. The molecule has 0 atom stereocenters. The number of carbonyl (C=O) groups excluding carboxylic acids is 1. The maximum absolute atomic E-state index is 13.2. The highest BCUT2D eigenvalue weighted by Gasteiger charge is 2.27. The van der Waals surface area contributed by atoms with Crippen molar-refractivity contribution in [1.82, 2.24) is 5.43 Å². The summed E-state index contributed by atoms with van der Waals surface area (Å²) in [4.78, 5) is 33.1. The van der Waals surface area contributed by atoms with Crippen LogP contribution in [0.15, 0.2) is 82.8 Å². The van der Waals surface area contributed by atoms with E-state index < -0.39 is 32.3 Å². The maximum Gasteiger partial charge on any atom is 0.270 e. The highest BCUT2D eigenvalue weighted by atomic mass is 35.5. The lowest BCUT2D eigenvalue weighted by molar-refractivity contribution is -0.385. The van der Waals surface area contributed by atoms with Crippen molar-refractivity contribution in [2.45, 2.75) is 4.90 Å². The van der Waals surface area contributed by atoms with Crippen molar-refractivity contribution in [2.75, 3.05) is 10.8 Å². The average Bonchev–Trinajstić information content (AvgIpc) is 2.84. The number of hydrogen-bond donors (Lipinski definition) is 1. The first-order valence-corrected chi connectivity index (χ1v) is 11.5. The molecule has 0 saturated carbocycles. The summed E-state index contributed by atoms with van der Waals surface area (Å²) < 4.78 is 27.2. The number of rotatable bonds is 9. The van der Waals surface area contributed by atoms with E-state index in [1.807, 2.05) is 0 Å². The van der Waals surface area contributed by atoms with Crippen molar-refractivity contribution in [1.29, 1.82) is 0 Å². The van der Waals surface area contributed by atoms with Gasteiger partial charge in [0.15, 0.2) is 0 Å². The lowest BCUT2D eigenvalue weighted by Crippen LogP contribution is -2.39. The van der Waals surface area contributed by atoms with Gasteiger partial charge in [0.25, 0.3) is 27.3 Å². The van der Waals surface area contributed by atoms with E-state index in [9.17, 15) is 33.4 Å². The zero-order valence-corrected chi connectivity index (χ0v) is 19.2. The second kappa shape index (κ2) is 10.7. The summed E-state index contributed by atoms with van der Waals surface area (Å²) in [5.41, 5.74) is 1.83. The molecule has 0 heterocycles. The van der Waals surface area contributed by atoms with E-state index >= 15 is 0 Å². The van der Waals surface area contributed by atoms with Gasteiger partial charge in [0, 0.05) is 34.9 Å². The van der Waals surface area contributed by atoms with E-state index in [4.69, 9.17) is 11.6 Å². The molecule has 0 aliphatic heterocycles. The normalized spacial score (nSPS) is 11.2. The predicted molar refractivity (Wildman–Crippen MR) is 128 cm³/mol. The Bertz CT molecular complexity index is 1400. The number of anilines is 1. The lowest BCUT2D eigenvalue weighted by atomic mass is 10.2. The quantitative estimate of drug-likeness (QED) is 0.257. The van der Waals surface area contributed by atoms with Gasteiger partial charge >= 0.3 is 0 Å². The molecular formula is C21H16ClN5O7S. The van der Waals surface area contributed by atoms with Crippen LogP contribution >= 0.6 is 11.6 Å². The van der Waals surface area contributed by atoms with Gasteiger partial charge in [-0.1, -0.05) is 29.8 Å². The third-order valence-corrected chi connectivity index (χ3v) is 6.68. The van der Waals surface area contributed by atoms with Gasteiger partial charge in [-0.2, -0.15) is 5.10 Å². The van der Waals surface area contributed by atoms with Crippen LogP contribution in [0.1, 0.15) is 5.56 Å². The standard InChI is InChI=1S/C21H16ClN5O7S/c22-20-11-10-18(27(31)32)12-15(20)13-23-24-21(28)14-25(16-6-8-17(9-7-16)26(29)30)35(33,34)19-4-2-1-3-5-19/h1-13H,14H2,(H,24,28)/b23-13-. The molecule has 0 unspecified atom stereocenters. The van der Waals surface area contributed by atoms with E-state index in [1.54, 1.807) is 6.07 Å². The fraction of sp³-hybridized carbons (Fsp3) is 0.0476. The third-order valence-electron chi connectivity index (χ3n) is 4.55. The summed E-state index contributed by atoms with van der Waals surface area (Å²) in [6.07, 6.45) is 1.08. The van der Waals surface area contributed by atoms with Gasteiger partial charge in [0.05, 0.1) is 26.6 Å². The number of non-ortho nitro benzene ring substituents is 2. The molecule has 3 aromatic rings. The molecule has 3 rings (SSSR count). The van der Waals surface area contributed by atoms with Crippen LogP contribution in [-0.2, 0) is 14.8 Å². The Hall–Kier alpha value is -4.36. The number of nitro groups is 2. The number of hydrogen-bond acceptors (Lipinski definition) is 8. The first-order chi connectivity index (χ1) is 16.6. The highest BCUT2D eigenvalue weighted by Crippen LogP contribution is 2.26. The Labute approximate surface area is 203 Å². The average molecular weight is 518 g/mol. The van der Waals surface area contributed by atoms with Crippen molar-refractivity contribution in [3.05, 3.63) is 104 Å². The maximum atomic E-state index is 13.2. The van der Waals surface area contributed by atoms with E-state index in [0.29, 0.717) is 0 Å². The van der Waals surface area contributed by atoms with Gasteiger partial charge in [-0.05, 0) is 30.3 Å². The number of nitrogens with one attached hydrogen (secondary N) is 1. The summed E-state index contributed by atoms with van der Waals surface area (Å²) >= 11 is 5.98.